The Morgan fingerprint density at radius 3 is 2.29 bits per heavy atom. The molecule has 1 aromatic carbocycles. The lowest BCUT2D eigenvalue weighted by Gasteiger charge is -2.09. The van der Waals surface area contributed by atoms with E-state index in [1.54, 1.807) is 36.4 Å². The third-order valence-corrected chi connectivity index (χ3v) is 3.27. The fourth-order valence-corrected chi connectivity index (χ4v) is 1.96. The van der Waals surface area contributed by atoms with E-state index in [9.17, 15) is 9.59 Å². The van der Waals surface area contributed by atoms with Crippen LogP contribution in [-0.4, -0.2) is 30.5 Å². The van der Waals surface area contributed by atoms with Gasteiger partial charge in [0.15, 0.2) is 0 Å². The summed E-state index contributed by atoms with van der Waals surface area (Å²) in [7, 11) is 1.34. The predicted molar refractivity (Wildman–Crippen MR) is 92.5 cm³/mol. The summed E-state index contributed by atoms with van der Waals surface area (Å²) >= 11 is 0. The molecular weight excluding hydrogens is 306 g/mol. The van der Waals surface area contributed by atoms with Crippen LogP contribution in [0, 0.1) is 5.92 Å². The molecule has 24 heavy (non-hydrogen) atoms. The standard InChI is InChI=1S/C18H21N3O3/c1-12(2)10-20-17(22)14-6-9-16(19-11-14)21-15-7-4-13(5-8-15)18(23)24-3/h4-9,11-12H,10H2,1-3H3,(H,19,21)(H,20,22). The maximum absolute atomic E-state index is 11.9. The van der Waals surface area contributed by atoms with E-state index in [1.165, 1.54) is 13.3 Å². The van der Waals surface area contributed by atoms with Gasteiger partial charge in [0.25, 0.3) is 5.91 Å². The van der Waals surface area contributed by atoms with Crippen LogP contribution in [0.4, 0.5) is 11.5 Å². The second-order valence-corrected chi connectivity index (χ2v) is 5.73. The van der Waals surface area contributed by atoms with Gasteiger partial charge in [-0.25, -0.2) is 9.78 Å². The molecule has 126 valence electrons. The molecule has 6 heteroatoms. The Morgan fingerprint density at radius 2 is 1.75 bits per heavy atom. The van der Waals surface area contributed by atoms with Crippen molar-refractivity contribution in [1.82, 2.24) is 10.3 Å². The number of ether oxygens (including phenoxy) is 1. The molecule has 1 aromatic heterocycles. The number of esters is 1. The summed E-state index contributed by atoms with van der Waals surface area (Å²) in [5, 5.41) is 5.96. The van der Waals surface area contributed by atoms with Gasteiger partial charge in [0.05, 0.1) is 18.2 Å². The molecule has 0 aliphatic carbocycles. The van der Waals surface area contributed by atoms with E-state index in [-0.39, 0.29) is 11.9 Å². The molecule has 0 fully saturated rings. The number of nitrogens with one attached hydrogen (secondary N) is 2. The third kappa shape index (κ3) is 4.81. The van der Waals surface area contributed by atoms with Crippen molar-refractivity contribution in [2.45, 2.75) is 13.8 Å². The average molecular weight is 327 g/mol. The first-order valence-electron chi connectivity index (χ1n) is 7.69. The van der Waals surface area contributed by atoms with E-state index in [1.807, 2.05) is 13.8 Å². The number of rotatable bonds is 6. The van der Waals surface area contributed by atoms with Crippen LogP contribution >= 0.6 is 0 Å². The molecule has 2 rings (SSSR count). The number of hydrogen-bond donors (Lipinski definition) is 2. The van der Waals surface area contributed by atoms with Crippen LogP contribution in [0.3, 0.4) is 0 Å². The number of nitrogens with zero attached hydrogens (tertiary/aromatic N) is 1. The van der Waals surface area contributed by atoms with Gasteiger partial charge in [0, 0.05) is 18.4 Å². The van der Waals surface area contributed by atoms with Gasteiger partial charge in [-0.05, 0) is 42.3 Å². The summed E-state index contributed by atoms with van der Waals surface area (Å²) in [6, 6.07) is 10.3. The minimum atomic E-state index is -0.378. The van der Waals surface area contributed by atoms with Gasteiger partial charge in [-0.2, -0.15) is 0 Å². The Bertz CT molecular complexity index is 694. The largest absolute Gasteiger partial charge is 0.465 e. The van der Waals surface area contributed by atoms with Crippen molar-refractivity contribution in [2.24, 2.45) is 5.92 Å². The van der Waals surface area contributed by atoms with Crippen molar-refractivity contribution in [1.29, 1.82) is 0 Å². The molecule has 2 N–H and O–H groups in total. The molecule has 0 unspecified atom stereocenters. The summed E-state index contributed by atoms with van der Waals surface area (Å²) in [6.07, 6.45) is 1.53. The zero-order chi connectivity index (χ0) is 17.5. The molecular formula is C18H21N3O3. The zero-order valence-electron chi connectivity index (χ0n) is 14.0. The van der Waals surface area contributed by atoms with E-state index in [0.29, 0.717) is 29.4 Å². The van der Waals surface area contributed by atoms with Gasteiger partial charge >= 0.3 is 5.97 Å². The fourth-order valence-electron chi connectivity index (χ4n) is 1.96. The first-order valence-corrected chi connectivity index (χ1v) is 7.69. The highest BCUT2D eigenvalue weighted by molar-refractivity contribution is 5.94. The quantitative estimate of drug-likeness (QED) is 0.797. The van der Waals surface area contributed by atoms with Crippen molar-refractivity contribution in [3.63, 3.8) is 0 Å². The van der Waals surface area contributed by atoms with E-state index < -0.39 is 0 Å². The maximum atomic E-state index is 11.9. The minimum Gasteiger partial charge on any atom is -0.465 e. The first-order chi connectivity index (χ1) is 11.5. The Hall–Kier alpha value is -2.89. The monoisotopic (exact) mass is 327 g/mol. The number of anilines is 2. The number of benzene rings is 1. The normalized spacial score (nSPS) is 10.3. The van der Waals surface area contributed by atoms with Crippen LogP contribution in [0.15, 0.2) is 42.6 Å². The predicted octanol–water partition coefficient (Wildman–Crippen LogP) is 3.00. The first kappa shape index (κ1) is 17.5. The van der Waals surface area contributed by atoms with Crippen LogP contribution in [0.2, 0.25) is 0 Å². The van der Waals surface area contributed by atoms with Crippen molar-refractivity contribution < 1.29 is 14.3 Å². The molecule has 0 aliphatic heterocycles. The summed E-state index contributed by atoms with van der Waals surface area (Å²) < 4.78 is 4.65. The third-order valence-electron chi connectivity index (χ3n) is 3.27. The number of methoxy groups -OCH3 is 1. The highest BCUT2D eigenvalue weighted by atomic mass is 16.5. The summed E-state index contributed by atoms with van der Waals surface area (Å²) in [5.41, 5.74) is 1.78. The lowest BCUT2D eigenvalue weighted by molar-refractivity contribution is 0.0600. The number of hydrogen-bond acceptors (Lipinski definition) is 5. The summed E-state index contributed by atoms with van der Waals surface area (Å²) in [4.78, 5) is 27.6. The highest BCUT2D eigenvalue weighted by Gasteiger charge is 2.07. The van der Waals surface area contributed by atoms with Crippen molar-refractivity contribution >= 4 is 23.4 Å². The number of carbonyl (C=O) groups excluding carboxylic acids is 2. The lowest BCUT2D eigenvalue weighted by atomic mass is 10.2. The Balaban J connectivity index is 1.98. The van der Waals surface area contributed by atoms with E-state index in [0.717, 1.165) is 5.69 Å². The van der Waals surface area contributed by atoms with Gasteiger partial charge in [-0.15, -0.1) is 0 Å². The van der Waals surface area contributed by atoms with Crippen LogP contribution in [0.25, 0.3) is 0 Å². The summed E-state index contributed by atoms with van der Waals surface area (Å²) in [5.74, 6) is 0.499. The molecule has 0 saturated carbocycles. The zero-order valence-corrected chi connectivity index (χ0v) is 14.0. The second kappa shape index (κ2) is 8.10. The highest BCUT2D eigenvalue weighted by Crippen LogP contribution is 2.16. The van der Waals surface area contributed by atoms with Crippen molar-refractivity contribution in [2.75, 3.05) is 19.0 Å². The average Bonchev–Trinajstić information content (AvgIpc) is 2.60. The minimum absolute atomic E-state index is 0.134. The van der Waals surface area contributed by atoms with E-state index >= 15 is 0 Å². The lowest BCUT2D eigenvalue weighted by Crippen LogP contribution is -2.27. The fraction of sp³-hybridized carbons (Fsp3) is 0.278. The number of pyridine rings is 1. The van der Waals surface area contributed by atoms with Gasteiger partial charge in [-0.3, -0.25) is 4.79 Å². The molecule has 0 radical (unpaired) electrons. The number of carbonyl (C=O) groups is 2. The smallest absolute Gasteiger partial charge is 0.337 e. The van der Waals surface area contributed by atoms with Crippen molar-refractivity contribution in [3.8, 4) is 0 Å². The Kier molecular flexibility index (Phi) is 5.89. The SMILES string of the molecule is COC(=O)c1ccc(Nc2ccc(C(=O)NCC(C)C)cn2)cc1. The van der Waals surface area contributed by atoms with Gasteiger partial charge < -0.3 is 15.4 Å². The van der Waals surface area contributed by atoms with Crippen molar-refractivity contribution in [3.05, 3.63) is 53.7 Å². The molecule has 0 spiro atoms. The van der Waals surface area contributed by atoms with Gasteiger partial charge in [0.2, 0.25) is 0 Å². The maximum Gasteiger partial charge on any atom is 0.337 e. The Labute approximate surface area is 141 Å². The Morgan fingerprint density at radius 1 is 1.08 bits per heavy atom. The molecule has 1 amide bonds. The second-order valence-electron chi connectivity index (χ2n) is 5.73. The molecule has 0 bridgehead atoms. The van der Waals surface area contributed by atoms with Crippen LogP contribution in [-0.2, 0) is 4.74 Å². The van der Waals surface area contributed by atoms with Crippen LogP contribution in [0.1, 0.15) is 34.6 Å². The molecule has 0 aliphatic rings. The number of aromatic nitrogens is 1. The topological polar surface area (TPSA) is 80.3 Å². The molecule has 0 atom stereocenters. The van der Waals surface area contributed by atoms with Gasteiger partial charge in [0.1, 0.15) is 5.82 Å². The molecule has 0 saturated heterocycles. The molecule has 1 heterocycles. The van der Waals surface area contributed by atoms with E-state index in [4.69, 9.17) is 0 Å². The number of amides is 1. The van der Waals surface area contributed by atoms with Crippen LogP contribution in [0.5, 0.6) is 0 Å². The molecule has 6 nitrogen and oxygen atoms in total. The van der Waals surface area contributed by atoms with Gasteiger partial charge in [-0.1, -0.05) is 13.8 Å². The summed E-state index contributed by atoms with van der Waals surface area (Å²) in [6.45, 7) is 4.71. The van der Waals surface area contributed by atoms with Crippen LogP contribution < -0.4 is 10.6 Å². The van der Waals surface area contributed by atoms with E-state index in [2.05, 4.69) is 20.4 Å². The molecule has 2 aromatic rings.